The van der Waals surface area contributed by atoms with Crippen LogP contribution in [0.4, 0.5) is 0 Å². The van der Waals surface area contributed by atoms with Gasteiger partial charge in [0.15, 0.2) is 10.8 Å². The second-order valence-electron chi connectivity index (χ2n) is 4.29. The number of thiazole rings is 1. The number of aliphatic hydroxyl groups excluding tert-OH is 1. The van der Waals surface area contributed by atoms with Gasteiger partial charge in [-0.05, 0) is 19.1 Å². The molecule has 2 rings (SSSR count). The standard InChI is InChI=1S/C14H18N2O2S/c1-3-6-16(7-8-17)10-12-9-15-14(19-12)13-5-4-11(2)18-13/h3-5,9,17H,1,6-8,10H2,2H3. The maximum absolute atomic E-state index is 9.02. The van der Waals surface area contributed by atoms with Gasteiger partial charge in [-0.3, -0.25) is 4.90 Å². The first-order valence-corrected chi connectivity index (χ1v) is 7.00. The largest absolute Gasteiger partial charge is 0.459 e. The van der Waals surface area contributed by atoms with E-state index in [1.165, 1.54) is 0 Å². The summed E-state index contributed by atoms with van der Waals surface area (Å²) in [5.74, 6) is 1.70. The summed E-state index contributed by atoms with van der Waals surface area (Å²) in [7, 11) is 0. The van der Waals surface area contributed by atoms with Crippen molar-refractivity contribution in [2.24, 2.45) is 0 Å². The quantitative estimate of drug-likeness (QED) is 0.791. The maximum atomic E-state index is 9.02. The molecule has 0 spiro atoms. The number of hydrogen-bond acceptors (Lipinski definition) is 5. The van der Waals surface area contributed by atoms with Crippen molar-refractivity contribution in [2.75, 3.05) is 19.7 Å². The van der Waals surface area contributed by atoms with Crippen LogP contribution in [-0.2, 0) is 6.54 Å². The van der Waals surface area contributed by atoms with E-state index in [1.54, 1.807) is 11.3 Å². The van der Waals surface area contributed by atoms with Crippen molar-refractivity contribution >= 4 is 11.3 Å². The topological polar surface area (TPSA) is 49.5 Å². The minimum Gasteiger partial charge on any atom is -0.459 e. The Morgan fingerprint density at radius 2 is 2.37 bits per heavy atom. The fourth-order valence-electron chi connectivity index (χ4n) is 1.82. The third kappa shape index (κ3) is 3.76. The summed E-state index contributed by atoms with van der Waals surface area (Å²) in [6.07, 6.45) is 3.71. The SMILES string of the molecule is C=CCN(CCO)Cc1cnc(-c2ccc(C)o2)s1. The monoisotopic (exact) mass is 278 g/mol. The van der Waals surface area contributed by atoms with Crippen molar-refractivity contribution in [3.8, 4) is 10.8 Å². The number of hydrogen-bond donors (Lipinski definition) is 1. The lowest BCUT2D eigenvalue weighted by atomic mass is 10.4. The molecule has 0 aliphatic heterocycles. The summed E-state index contributed by atoms with van der Waals surface area (Å²) in [5.41, 5.74) is 0. The van der Waals surface area contributed by atoms with Crippen molar-refractivity contribution < 1.29 is 9.52 Å². The van der Waals surface area contributed by atoms with Gasteiger partial charge in [-0.2, -0.15) is 0 Å². The zero-order valence-corrected chi connectivity index (χ0v) is 11.8. The molecule has 0 aliphatic carbocycles. The average molecular weight is 278 g/mol. The summed E-state index contributed by atoms with van der Waals surface area (Å²) < 4.78 is 5.56. The van der Waals surface area contributed by atoms with Crippen LogP contribution in [0, 0.1) is 6.92 Å². The second kappa shape index (κ2) is 6.65. The summed E-state index contributed by atoms with van der Waals surface area (Å²) >= 11 is 1.62. The smallest absolute Gasteiger partial charge is 0.162 e. The van der Waals surface area contributed by atoms with Gasteiger partial charge in [0.25, 0.3) is 0 Å². The van der Waals surface area contributed by atoms with Gasteiger partial charge < -0.3 is 9.52 Å². The lowest BCUT2D eigenvalue weighted by Gasteiger charge is -2.17. The Morgan fingerprint density at radius 3 is 3.00 bits per heavy atom. The number of aliphatic hydroxyl groups is 1. The molecule has 4 nitrogen and oxygen atoms in total. The van der Waals surface area contributed by atoms with Crippen molar-refractivity contribution in [2.45, 2.75) is 13.5 Å². The van der Waals surface area contributed by atoms with Crippen LogP contribution in [0.1, 0.15) is 10.6 Å². The first-order chi connectivity index (χ1) is 9.22. The van der Waals surface area contributed by atoms with E-state index in [0.717, 1.165) is 34.5 Å². The third-order valence-electron chi connectivity index (χ3n) is 2.69. The lowest BCUT2D eigenvalue weighted by molar-refractivity contribution is 0.204. The minimum atomic E-state index is 0.150. The zero-order valence-electron chi connectivity index (χ0n) is 11.0. The Balaban J connectivity index is 2.05. The summed E-state index contributed by atoms with van der Waals surface area (Å²) in [6.45, 7) is 7.96. The predicted octanol–water partition coefficient (Wildman–Crippen LogP) is 2.69. The summed E-state index contributed by atoms with van der Waals surface area (Å²) in [4.78, 5) is 7.66. The highest BCUT2D eigenvalue weighted by Gasteiger charge is 2.10. The molecule has 5 heteroatoms. The molecule has 0 radical (unpaired) electrons. The van der Waals surface area contributed by atoms with Gasteiger partial charge >= 0.3 is 0 Å². The Hall–Kier alpha value is -1.43. The van der Waals surface area contributed by atoms with Gasteiger partial charge in [-0.15, -0.1) is 17.9 Å². The van der Waals surface area contributed by atoms with Crippen molar-refractivity contribution in [1.82, 2.24) is 9.88 Å². The Bertz CT molecular complexity index is 533. The van der Waals surface area contributed by atoms with Crippen LogP contribution in [0.2, 0.25) is 0 Å². The Morgan fingerprint density at radius 1 is 1.53 bits per heavy atom. The molecule has 0 saturated carbocycles. The molecule has 0 aliphatic rings. The number of rotatable bonds is 7. The van der Waals surface area contributed by atoms with E-state index >= 15 is 0 Å². The van der Waals surface area contributed by atoms with Crippen molar-refractivity contribution in [3.05, 3.63) is 41.6 Å². The van der Waals surface area contributed by atoms with Crippen LogP contribution < -0.4 is 0 Å². The average Bonchev–Trinajstić information content (AvgIpc) is 2.99. The molecule has 0 aromatic carbocycles. The molecule has 102 valence electrons. The third-order valence-corrected chi connectivity index (χ3v) is 3.68. The van der Waals surface area contributed by atoms with E-state index in [1.807, 2.05) is 31.3 Å². The normalized spacial score (nSPS) is 11.1. The fourth-order valence-corrected chi connectivity index (χ4v) is 2.74. The molecule has 19 heavy (non-hydrogen) atoms. The Kier molecular flexibility index (Phi) is 4.90. The number of aryl methyl sites for hydroxylation is 1. The molecule has 0 saturated heterocycles. The molecular formula is C14H18N2O2S. The highest BCUT2D eigenvalue weighted by molar-refractivity contribution is 7.14. The van der Waals surface area contributed by atoms with Gasteiger partial charge in [0.05, 0.1) is 6.61 Å². The second-order valence-corrected chi connectivity index (χ2v) is 5.40. The minimum absolute atomic E-state index is 0.150. The number of furan rings is 1. The van der Waals surface area contributed by atoms with Gasteiger partial charge in [0, 0.05) is 30.7 Å². The van der Waals surface area contributed by atoms with Crippen LogP contribution in [0.25, 0.3) is 10.8 Å². The first kappa shape index (κ1) is 14.0. The van der Waals surface area contributed by atoms with Crippen molar-refractivity contribution in [1.29, 1.82) is 0 Å². The molecule has 0 unspecified atom stereocenters. The van der Waals surface area contributed by atoms with Gasteiger partial charge in [0.1, 0.15) is 5.76 Å². The van der Waals surface area contributed by atoms with Crippen LogP contribution in [0.15, 0.2) is 35.4 Å². The maximum Gasteiger partial charge on any atom is 0.162 e. The van der Waals surface area contributed by atoms with E-state index in [9.17, 15) is 0 Å². The van der Waals surface area contributed by atoms with E-state index < -0.39 is 0 Å². The molecule has 2 aromatic heterocycles. The van der Waals surface area contributed by atoms with Crippen LogP contribution in [-0.4, -0.2) is 34.7 Å². The highest BCUT2D eigenvalue weighted by atomic mass is 32.1. The van der Waals surface area contributed by atoms with Crippen LogP contribution >= 0.6 is 11.3 Å². The molecular weight excluding hydrogens is 260 g/mol. The molecule has 0 fully saturated rings. The van der Waals surface area contributed by atoms with E-state index in [-0.39, 0.29) is 6.61 Å². The first-order valence-electron chi connectivity index (χ1n) is 6.18. The Labute approximate surface area is 117 Å². The molecule has 0 bridgehead atoms. The fraction of sp³-hybridized carbons (Fsp3) is 0.357. The molecule has 0 atom stereocenters. The molecule has 2 aromatic rings. The van der Waals surface area contributed by atoms with Crippen LogP contribution in [0.3, 0.4) is 0 Å². The van der Waals surface area contributed by atoms with E-state index in [2.05, 4.69) is 16.5 Å². The number of nitrogens with zero attached hydrogens (tertiary/aromatic N) is 2. The van der Waals surface area contributed by atoms with Gasteiger partial charge in [-0.1, -0.05) is 6.08 Å². The molecule has 1 N–H and O–H groups in total. The van der Waals surface area contributed by atoms with E-state index in [4.69, 9.17) is 9.52 Å². The van der Waals surface area contributed by atoms with E-state index in [0.29, 0.717) is 6.54 Å². The lowest BCUT2D eigenvalue weighted by Crippen LogP contribution is -2.26. The molecule has 2 heterocycles. The van der Waals surface area contributed by atoms with Crippen molar-refractivity contribution in [3.63, 3.8) is 0 Å². The van der Waals surface area contributed by atoms with Gasteiger partial charge in [0.2, 0.25) is 0 Å². The molecule has 0 amide bonds. The number of aromatic nitrogens is 1. The van der Waals surface area contributed by atoms with Gasteiger partial charge in [-0.25, -0.2) is 4.98 Å². The predicted molar refractivity (Wildman–Crippen MR) is 77.1 cm³/mol. The highest BCUT2D eigenvalue weighted by Crippen LogP contribution is 2.27. The summed E-state index contributed by atoms with van der Waals surface area (Å²) in [6, 6.07) is 3.87. The zero-order chi connectivity index (χ0) is 13.7. The van der Waals surface area contributed by atoms with Crippen LogP contribution in [0.5, 0.6) is 0 Å². The summed E-state index contributed by atoms with van der Waals surface area (Å²) in [5, 5.41) is 9.92.